The van der Waals surface area contributed by atoms with Crippen molar-refractivity contribution in [3.63, 3.8) is 0 Å². The van der Waals surface area contributed by atoms with Crippen molar-refractivity contribution in [2.45, 2.75) is 13.3 Å². The van der Waals surface area contributed by atoms with Crippen molar-refractivity contribution in [3.05, 3.63) is 45.9 Å². The molecule has 2 heterocycles. The Morgan fingerprint density at radius 3 is 2.61 bits per heavy atom. The number of amides is 1. The van der Waals surface area contributed by atoms with Gasteiger partial charge in [0.05, 0.1) is 10.8 Å². The summed E-state index contributed by atoms with van der Waals surface area (Å²) in [5, 5.41) is 9.04. The fourth-order valence-corrected chi connectivity index (χ4v) is 3.82. The number of carbonyl (C=O) groups excluding carboxylic acids is 1. The molecule has 6 heteroatoms. The van der Waals surface area contributed by atoms with Crippen LogP contribution in [0, 0.1) is 18.7 Å². The molecule has 1 N–H and O–H groups in total. The minimum Gasteiger partial charge on any atom is -0.481 e. The fourth-order valence-electron chi connectivity index (χ4n) is 2.81. The number of aliphatic carboxylic acids is 1. The van der Waals surface area contributed by atoms with Gasteiger partial charge in [-0.1, -0.05) is 12.1 Å². The number of hydrogen-bond donors (Lipinski definition) is 1. The summed E-state index contributed by atoms with van der Waals surface area (Å²) in [6.45, 7) is 2.65. The van der Waals surface area contributed by atoms with Gasteiger partial charge in [0.1, 0.15) is 5.82 Å². The molecule has 120 valence electrons. The number of hydrogen-bond acceptors (Lipinski definition) is 3. The third-order valence-corrected chi connectivity index (χ3v) is 5.15. The lowest BCUT2D eigenvalue weighted by Crippen LogP contribution is -2.29. The van der Waals surface area contributed by atoms with E-state index in [1.807, 2.05) is 13.0 Å². The zero-order chi connectivity index (χ0) is 16.6. The van der Waals surface area contributed by atoms with Crippen molar-refractivity contribution in [2.24, 2.45) is 5.92 Å². The molecule has 0 bridgehead atoms. The molecule has 2 aromatic rings. The topological polar surface area (TPSA) is 57.6 Å². The second kappa shape index (κ2) is 6.12. The quantitative estimate of drug-likeness (QED) is 0.936. The van der Waals surface area contributed by atoms with Crippen molar-refractivity contribution in [1.29, 1.82) is 0 Å². The number of thiophene rings is 1. The molecule has 1 atom stereocenters. The molecule has 1 aromatic carbocycles. The van der Waals surface area contributed by atoms with Crippen molar-refractivity contribution >= 4 is 23.2 Å². The zero-order valence-corrected chi connectivity index (χ0v) is 13.4. The lowest BCUT2D eigenvalue weighted by molar-refractivity contribution is -0.141. The van der Waals surface area contributed by atoms with E-state index < -0.39 is 11.9 Å². The number of aryl methyl sites for hydroxylation is 1. The van der Waals surface area contributed by atoms with E-state index in [4.69, 9.17) is 5.11 Å². The molecule has 3 rings (SSSR count). The van der Waals surface area contributed by atoms with E-state index in [1.165, 1.54) is 23.5 Å². The number of carbonyl (C=O) groups is 2. The Balaban J connectivity index is 1.82. The Kier molecular flexibility index (Phi) is 4.17. The monoisotopic (exact) mass is 333 g/mol. The third kappa shape index (κ3) is 3.12. The van der Waals surface area contributed by atoms with E-state index in [9.17, 15) is 14.0 Å². The van der Waals surface area contributed by atoms with Gasteiger partial charge in [0, 0.05) is 18.0 Å². The summed E-state index contributed by atoms with van der Waals surface area (Å²) in [6.07, 6.45) is 0.496. The molecule has 1 aromatic heterocycles. The van der Waals surface area contributed by atoms with E-state index in [0.717, 1.165) is 16.0 Å². The normalized spacial score (nSPS) is 17.5. The Labute approximate surface area is 137 Å². The van der Waals surface area contributed by atoms with Crippen LogP contribution in [0.25, 0.3) is 11.1 Å². The van der Waals surface area contributed by atoms with Crippen LogP contribution in [0.4, 0.5) is 4.39 Å². The van der Waals surface area contributed by atoms with Gasteiger partial charge >= 0.3 is 5.97 Å². The molecule has 23 heavy (non-hydrogen) atoms. The largest absolute Gasteiger partial charge is 0.481 e. The molecular weight excluding hydrogens is 317 g/mol. The first-order chi connectivity index (χ1) is 11.0. The average Bonchev–Trinajstić information content (AvgIpc) is 3.14. The highest BCUT2D eigenvalue weighted by Gasteiger charge is 2.32. The molecule has 1 aliphatic rings. The number of halogens is 1. The molecule has 0 aliphatic carbocycles. The van der Waals surface area contributed by atoms with Crippen LogP contribution in [0.3, 0.4) is 0 Å². The van der Waals surface area contributed by atoms with Gasteiger partial charge < -0.3 is 10.0 Å². The number of rotatable bonds is 3. The SMILES string of the molecule is Cc1sc(C(=O)N2CC[C@@H](C(=O)O)C2)cc1-c1ccc(F)cc1. The molecular formula is C17H16FNO3S. The Morgan fingerprint density at radius 2 is 2.00 bits per heavy atom. The van der Waals surface area contributed by atoms with Crippen molar-refractivity contribution < 1.29 is 19.1 Å². The molecule has 0 unspecified atom stereocenters. The first-order valence-electron chi connectivity index (χ1n) is 7.34. The van der Waals surface area contributed by atoms with Crippen molar-refractivity contribution in [3.8, 4) is 11.1 Å². The van der Waals surface area contributed by atoms with Crippen molar-refractivity contribution in [1.82, 2.24) is 4.90 Å². The highest BCUT2D eigenvalue weighted by Crippen LogP contribution is 2.32. The van der Waals surface area contributed by atoms with Gasteiger partial charge in [0.2, 0.25) is 0 Å². The number of carboxylic acids is 1. The van der Waals surface area contributed by atoms with Gasteiger partial charge in [0.25, 0.3) is 5.91 Å². The van der Waals surface area contributed by atoms with Gasteiger partial charge in [-0.05, 0) is 42.7 Å². The van der Waals surface area contributed by atoms with Gasteiger partial charge in [-0.2, -0.15) is 0 Å². The molecule has 1 aliphatic heterocycles. The predicted octanol–water partition coefficient (Wildman–Crippen LogP) is 3.41. The molecule has 0 radical (unpaired) electrons. The summed E-state index contributed by atoms with van der Waals surface area (Å²) in [4.78, 5) is 26.7. The first-order valence-corrected chi connectivity index (χ1v) is 8.16. The number of nitrogens with zero attached hydrogens (tertiary/aromatic N) is 1. The predicted molar refractivity (Wildman–Crippen MR) is 86.1 cm³/mol. The minimum absolute atomic E-state index is 0.129. The van der Waals surface area contributed by atoms with Crippen LogP contribution in [0.15, 0.2) is 30.3 Å². The van der Waals surface area contributed by atoms with Gasteiger partial charge in [-0.15, -0.1) is 11.3 Å². The highest BCUT2D eigenvalue weighted by molar-refractivity contribution is 7.14. The molecule has 1 amide bonds. The number of carboxylic acid groups (broad SMARTS) is 1. The second-order valence-electron chi connectivity index (χ2n) is 5.66. The zero-order valence-electron chi connectivity index (χ0n) is 12.6. The van der Waals surface area contributed by atoms with Gasteiger partial charge in [-0.3, -0.25) is 9.59 Å². The van der Waals surface area contributed by atoms with E-state index in [1.54, 1.807) is 17.0 Å². The van der Waals surface area contributed by atoms with E-state index in [0.29, 0.717) is 17.8 Å². The summed E-state index contributed by atoms with van der Waals surface area (Å²) in [6, 6.07) is 7.98. The first kappa shape index (κ1) is 15.7. The summed E-state index contributed by atoms with van der Waals surface area (Å²) in [5.74, 6) is -1.75. The Bertz CT molecular complexity index is 754. The molecule has 0 spiro atoms. The number of benzene rings is 1. The minimum atomic E-state index is -0.852. The van der Waals surface area contributed by atoms with E-state index in [-0.39, 0.29) is 18.3 Å². The van der Waals surface area contributed by atoms with Gasteiger partial charge in [0.15, 0.2) is 0 Å². The van der Waals surface area contributed by atoms with Crippen LogP contribution in [-0.2, 0) is 4.79 Å². The third-order valence-electron chi connectivity index (χ3n) is 4.11. The molecule has 0 saturated carbocycles. The lowest BCUT2D eigenvalue weighted by Gasteiger charge is -2.14. The van der Waals surface area contributed by atoms with Gasteiger partial charge in [-0.25, -0.2) is 4.39 Å². The van der Waals surface area contributed by atoms with Crippen LogP contribution in [-0.4, -0.2) is 35.0 Å². The van der Waals surface area contributed by atoms with E-state index in [2.05, 4.69) is 0 Å². The van der Waals surface area contributed by atoms with Crippen LogP contribution >= 0.6 is 11.3 Å². The van der Waals surface area contributed by atoms with Crippen LogP contribution < -0.4 is 0 Å². The Morgan fingerprint density at radius 1 is 1.30 bits per heavy atom. The maximum atomic E-state index is 13.0. The Hall–Kier alpha value is -2.21. The fraction of sp³-hybridized carbons (Fsp3) is 0.294. The molecule has 1 saturated heterocycles. The standard InChI is InChI=1S/C17H16FNO3S/c1-10-14(11-2-4-13(18)5-3-11)8-15(23-10)16(20)19-7-6-12(9-19)17(21)22/h2-5,8,12H,6-7,9H2,1H3,(H,21,22)/t12-/m1/s1. The van der Waals surface area contributed by atoms with Crippen LogP contribution in [0.2, 0.25) is 0 Å². The smallest absolute Gasteiger partial charge is 0.308 e. The lowest BCUT2D eigenvalue weighted by atomic mass is 10.1. The summed E-state index contributed by atoms with van der Waals surface area (Å²) >= 11 is 1.39. The molecule has 4 nitrogen and oxygen atoms in total. The average molecular weight is 333 g/mol. The van der Waals surface area contributed by atoms with E-state index >= 15 is 0 Å². The van der Waals surface area contributed by atoms with Crippen LogP contribution in [0.5, 0.6) is 0 Å². The van der Waals surface area contributed by atoms with Crippen LogP contribution in [0.1, 0.15) is 21.0 Å². The second-order valence-corrected chi connectivity index (χ2v) is 6.92. The summed E-state index contributed by atoms with van der Waals surface area (Å²) in [5.41, 5.74) is 1.77. The molecule has 1 fully saturated rings. The highest BCUT2D eigenvalue weighted by atomic mass is 32.1. The maximum absolute atomic E-state index is 13.0. The summed E-state index contributed by atoms with van der Waals surface area (Å²) in [7, 11) is 0. The summed E-state index contributed by atoms with van der Waals surface area (Å²) < 4.78 is 13.0. The maximum Gasteiger partial charge on any atom is 0.308 e. The number of likely N-dealkylation sites (tertiary alicyclic amines) is 1. The van der Waals surface area contributed by atoms with Crippen molar-refractivity contribution in [2.75, 3.05) is 13.1 Å².